The van der Waals surface area contributed by atoms with Crippen LogP contribution < -0.4 is 5.32 Å². The van der Waals surface area contributed by atoms with Crippen LogP contribution in [0.25, 0.3) is 0 Å². The van der Waals surface area contributed by atoms with Gasteiger partial charge in [0.05, 0.1) is 7.11 Å². The van der Waals surface area contributed by atoms with E-state index in [0.29, 0.717) is 18.0 Å². The topological polar surface area (TPSA) is 41.6 Å². The van der Waals surface area contributed by atoms with Gasteiger partial charge in [-0.1, -0.05) is 13.8 Å². The van der Waals surface area contributed by atoms with Crippen LogP contribution in [0.2, 0.25) is 0 Å². The van der Waals surface area contributed by atoms with E-state index in [9.17, 15) is 4.79 Å². The van der Waals surface area contributed by atoms with Crippen molar-refractivity contribution in [3.05, 3.63) is 0 Å². The van der Waals surface area contributed by atoms with Crippen LogP contribution in [-0.2, 0) is 9.53 Å². The maximum absolute atomic E-state index is 12.2. The van der Waals surface area contributed by atoms with Gasteiger partial charge < -0.3 is 9.64 Å². The van der Waals surface area contributed by atoms with E-state index >= 15 is 0 Å². The van der Waals surface area contributed by atoms with Gasteiger partial charge >= 0.3 is 5.97 Å². The van der Waals surface area contributed by atoms with Crippen LogP contribution in [0.15, 0.2) is 0 Å². The molecular formula is C17H34N2O2. The molecular weight excluding hydrogens is 264 g/mol. The molecule has 1 fully saturated rings. The molecule has 0 saturated heterocycles. The lowest BCUT2D eigenvalue weighted by molar-refractivity contribution is -0.149. The van der Waals surface area contributed by atoms with Gasteiger partial charge in [0.2, 0.25) is 0 Å². The Morgan fingerprint density at radius 2 is 1.90 bits per heavy atom. The minimum Gasteiger partial charge on any atom is -0.468 e. The number of rotatable bonds is 6. The molecule has 1 aliphatic carbocycles. The Balaban J connectivity index is 2.68. The first-order valence-electron chi connectivity index (χ1n) is 8.16. The minimum atomic E-state index is -0.648. The van der Waals surface area contributed by atoms with Crippen molar-refractivity contribution in [2.45, 2.75) is 77.9 Å². The summed E-state index contributed by atoms with van der Waals surface area (Å²) in [6, 6.07) is 0.809. The Hall–Kier alpha value is -0.610. The average Bonchev–Trinajstić information content (AvgIpc) is 2.36. The number of carbonyl (C=O) groups is 1. The normalized spacial score (nSPS) is 22.3. The molecule has 0 aromatic rings. The Morgan fingerprint density at radius 1 is 1.38 bits per heavy atom. The quantitative estimate of drug-likeness (QED) is 0.766. The van der Waals surface area contributed by atoms with Crippen molar-refractivity contribution < 1.29 is 9.53 Å². The van der Waals surface area contributed by atoms with Crippen LogP contribution in [-0.4, -0.2) is 49.2 Å². The monoisotopic (exact) mass is 298 g/mol. The zero-order valence-electron chi connectivity index (χ0n) is 15.0. The van der Waals surface area contributed by atoms with E-state index in [1.54, 1.807) is 0 Å². The third-order valence-corrected chi connectivity index (χ3v) is 4.74. The molecule has 0 radical (unpaired) electrons. The second kappa shape index (κ2) is 7.10. The van der Waals surface area contributed by atoms with Gasteiger partial charge in [0.25, 0.3) is 0 Å². The number of esters is 1. The Labute approximate surface area is 130 Å². The van der Waals surface area contributed by atoms with E-state index in [4.69, 9.17) is 4.74 Å². The fraction of sp³-hybridized carbons (Fsp3) is 0.941. The third-order valence-electron chi connectivity index (χ3n) is 4.74. The molecule has 1 N–H and O–H groups in total. The summed E-state index contributed by atoms with van der Waals surface area (Å²) in [5, 5.41) is 3.38. The highest BCUT2D eigenvalue weighted by Gasteiger charge is 2.38. The van der Waals surface area contributed by atoms with Gasteiger partial charge in [0.15, 0.2) is 0 Å². The number of nitrogens with zero attached hydrogens (tertiary/aromatic N) is 1. The van der Waals surface area contributed by atoms with E-state index in [2.05, 4.69) is 45.0 Å². The summed E-state index contributed by atoms with van der Waals surface area (Å²) >= 11 is 0. The molecule has 0 aromatic heterocycles. The Bertz CT molecular complexity index is 345. The van der Waals surface area contributed by atoms with Gasteiger partial charge in [-0.25, -0.2) is 0 Å². The summed E-state index contributed by atoms with van der Waals surface area (Å²) in [6.45, 7) is 11.4. The molecule has 0 aromatic carbocycles. The molecule has 0 spiro atoms. The average molecular weight is 298 g/mol. The lowest BCUT2D eigenvalue weighted by Crippen LogP contribution is -2.60. The molecule has 1 atom stereocenters. The molecule has 4 heteroatoms. The van der Waals surface area contributed by atoms with Crippen LogP contribution in [0, 0.1) is 5.41 Å². The number of hydrogen-bond acceptors (Lipinski definition) is 4. The van der Waals surface area contributed by atoms with Gasteiger partial charge in [0, 0.05) is 18.6 Å². The number of methoxy groups -OCH3 is 1. The highest BCUT2D eigenvalue weighted by Crippen LogP contribution is 2.36. The molecule has 1 rings (SSSR count). The maximum Gasteiger partial charge on any atom is 0.327 e. The molecule has 4 nitrogen and oxygen atoms in total. The highest BCUT2D eigenvalue weighted by molar-refractivity contribution is 5.80. The lowest BCUT2D eigenvalue weighted by Gasteiger charge is -2.42. The highest BCUT2D eigenvalue weighted by atomic mass is 16.5. The summed E-state index contributed by atoms with van der Waals surface area (Å²) in [5.41, 5.74) is -0.177. The number of nitrogens with one attached hydrogen (secondary N) is 1. The molecule has 0 aliphatic heterocycles. The molecule has 1 unspecified atom stereocenters. The molecule has 0 heterocycles. The smallest absolute Gasteiger partial charge is 0.327 e. The predicted molar refractivity (Wildman–Crippen MR) is 87.4 cm³/mol. The zero-order valence-corrected chi connectivity index (χ0v) is 15.0. The van der Waals surface area contributed by atoms with Crippen LogP contribution in [0.1, 0.15) is 60.3 Å². The predicted octanol–water partition coefficient (Wildman–Crippen LogP) is 2.82. The van der Waals surface area contributed by atoms with E-state index < -0.39 is 5.54 Å². The summed E-state index contributed by atoms with van der Waals surface area (Å²) in [5.74, 6) is -0.181. The van der Waals surface area contributed by atoms with Gasteiger partial charge in [-0.3, -0.25) is 10.1 Å². The molecule has 0 bridgehead atoms. The second-order valence-corrected chi connectivity index (χ2v) is 7.93. The lowest BCUT2D eigenvalue weighted by atomic mass is 9.75. The van der Waals surface area contributed by atoms with Crippen LogP contribution in [0.3, 0.4) is 0 Å². The first-order chi connectivity index (χ1) is 9.59. The fourth-order valence-corrected chi connectivity index (χ4v) is 3.48. The fourth-order valence-electron chi connectivity index (χ4n) is 3.48. The number of hydrogen-bond donors (Lipinski definition) is 1. The van der Waals surface area contributed by atoms with Gasteiger partial charge in [-0.05, 0) is 58.9 Å². The van der Waals surface area contributed by atoms with Gasteiger partial charge in [0.1, 0.15) is 5.54 Å². The van der Waals surface area contributed by atoms with Crippen molar-refractivity contribution >= 4 is 5.97 Å². The Morgan fingerprint density at radius 3 is 2.33 bits per heavy atom. The minimum absolute atomic E-state index is 0.181. The van der Waals surface area contributed by atoms with Crippen molar-refractivity contribution in [2.24, 2.45) is 5.41 Å². The van der Waals surface area contributed by atoms with Gasteiger partial charge in [-0.15, -0.1) is 0 Å². The summed E-state index contributed by atoms with van der Waals surface area (Å²) in [4.78, 5) is 14.5. The van der Waals surface area contributed by atoms with Crippen molar-refractivity contribution in [3.63, 3.8) is 0 Å². The van der Waals surface area contributed by atoms with Crippen molar-refractivity contribution in [2.75, 3.05) is 20.7 Å². The first kappa shape index (κ1) is 18.4. The summed E-state index contributed by atoms with van der Waals surface area (Å²) in [7, 11) is 3.60. The SMILES string of the molecule is COC(=O)C(C)(CN(C)C1CCC(C)(C)CC1)NC(C)C. The standard InChI is InChI=1S/C17H34N2O2/c1-13(2)18-17(5,15(20)21-7)12-19(6)14-8-10-16(3,4)11-9-14/h13-14,18H,8-12H2,1-7H3. The molecule has 0 amide bonds. The second-order valence-electron chi connectivity index (χ2n) is 7.93. The molecule has 124 valence electrons. The maximum atomic E-state index is 12.2. The largest absolute Gasteiger partial charge is 0.468 e. The first-order valence-corrected chi connectivity index (χ1v) is 8.16. The molecule has 1 saturated carbocycles. The van der Waals surface area contributed by atoms with Gasteiger partial charge in [-0.2, -0.15) is 0 Å². The Kier molecular flexibility index (Phi) is 6.23. The van der Waals surface area contributed by atoms with Crippen molar-refractivity contribution in [3.8, 4) is 0 Å². The third kappa shape index (κ3) is 5.26. The van der Waals surface area contributed by atoms with Crippen LogP contribution >= 0.6 is 0 Å². The number of ether oxygens (including phenoxy) is 1. The van der Waals surface area contributed by atoms with E-state index in [1.165, 1.54) is 32.8 Å². The van der Waals surface area contributed by atoms with E-state index in [-0.39, 0.29) is 12.0 Å². The zero-order chi connectivity index (χ0) is 16.3. The van der Waals surface area contributed by atoms with Crippen LogP contribution in [0.4, 0.5) is 0 Å². The van der Waals surface area contributed by atoms with E-state index in [0.717, 1.165) is 0 Å². The number of carbonyl (C=O) groups excluding carboxylic acids is 1. The van der Waals surface area contributed by atoms with E-state index in [1.807, 2.05) is 6.92 Å². The molecule has 1 aliphatic rings. The number of likely N-dealkylation sites (N-methyl/N-ethyl adjacent to an activating group) is 1. The van der Waals surface area contributed by atoms with Crippen LogP contribution in [0.5, 0.6) is 0 Å². The van der Waals surface area contributed by atoms with Crippen molar-refractivity contribution in [1.29, 1.82) is 0 Å². The molecule has 21 heavy (non-hydrogen) atoms. The summed E-state index contributed by atoms with van der Waals surface area (Å²) in [6.07, 6.45) is 4.94. The summed E-state index contributed by atoms with van der Waals surface area (Å²) < 4.78 is 5.01. The van der Waals surface area contributed by atoms with Crippen molar-refractivity contribution in [1.82, 2.24) is 10.2 Å².